The Labute approximate surface area is 162 Å². The number of unbranched alkanes of at least 4 members (excludes halogenated alkanes) is 12. The molecule has 4 nitrogen and oxygen atoms in total. The summed E-state index contributed by atoms with van der Waals surface area (Å²) in [7, 11) is 1.85. The average molecular weight is 372 g/mol. The van der Waals surface area contributed by atoms with Crippen molar-refractivity contribution < 1.29 is 14.6 Å². The molecule has 4 heteroatoms. The van der Waals surface area contributed by atoms with E-state index in [1.807, 2.05) is 14.0 Å². The van der Waals surface area contributed by atoms with E-state index in [1.165, 1.54) is 77.0 Å². The Hall–Kier alpha value is -0.610. The highest BCUT2D eigenvalue weighted by Crippen LogP contribution is 2.12. The lowest BCUT2D eigenvalue weighted by atomic mass is 10.0. The molecule has 0 saturated heterocycles. The van der Waals surface area contributed by atoms with Crippen molar-refractivity contribution >= 4 is 5.91 Å². The predicted molar refractivity (Wildman–Crippen MR) is 110 cm³/mol. The SMILES string of the molecule is CCCCCCCCCCCCCCCN(C)C(=O)COC(C)CCO. The van der Waals surface area contributed by atoms with E-state index in [1.54, 1.807) is 4.90 Å². The van der Waals surface area contributed by atoms with Gasteiger partial charge in [-0.25, -0.2) is 0 Å². The first-order valence-electron chi connectivity index (χ1n) is 11.1. The fraction of sp³-hybridized carbons (Fsp3) is 0.955. The van der Waals surface area contributed by atoms with E-state index >= 15 is 0 Å². The molecular formula is C22H45NO3. The normalized spacial score (nSPS) is 12.3. The summed E-state index contributed by atoms with van der Waals surface area (Å²) in [5.41, 5.74) is 0. The molecule has 1 amide bonds. The van der Waals surface area contributed by atoms with Gasteiger partial charge in [-0.2, -0.15) is 0 Å². The number of likely N-dealkylation sites (N-methyl/N-ethyl adjacent to an activating group) is 1. The fourth-order valence-corrected chi connectivity index (χ4v) is 3.08. The number of ether oxygens (including phenoxy) is 1. The van der Waals surface area contributed by atoms with E-state index in [9.17, 15) is 4.79 Å². The van der Waals surface area contributed by atoms with Gasteiger partial charge in [0.2, 0.25) is 5.91 Å². The van der Waals surface area contributed by atoms with Gasteiger partial charge < -0.3 is 14.7 Å². The molecule has 0 aromatic heterocycles. The number of carbonyl (C=O) groups is 1. The summed E-state index contributed by atoms with van der Waals surface area (Å²) in [6.07, 6.45) is 18.0. The molecule has 0 heterocycles. The summed E-state index contributed by atoms with van der Waals surface area (Å²) in [4.78, 5) is 13.7. The molecular weight excluding hydrogens is 326 g/mol. The molecule has 0 aliphatic rings. The lowest BCUT2D eigenvalue weighted by Gasteiger charge is -2.18. The molecule has 0 radical (unpaired) electrons. The van der Waals surface area contributed by atoms with Crippen molar-refractivity contribution in [1.82, 2.24) is 4.90 Å². The first kappa shape index (κ1) is 25.4. The summed E-state index contributed by atoms with van der Waals surface area (Å²) in [6, 6.07) is 0. The lowest BCUT2D eigenvalue weighted by molar-refractivity contribution is -0.136. The smallest absolute Gasteiger partial charge is 0.248 e. The Balaban J connectivity index is 3.34. The van der Waals surface area contributed by atoms with Crippen molar-refractivity contribution in [3.8, 4) is 0 Å². The standard InChI is InChI=1S/C22H45NO3/c1-4-5-6-7-8-9-10-11-12-13-14-15-16-18-23(3)22(25)20-26-21(2)17-19-24/h21,24H,4-20H2,1-3H3. The molecule has 0 aromatic carbocycles. The molecule has 0 aliphatic carbocycles. The minimum absolute atomic E-state index is 0.0359. The third-order valence-corrected chi connectivity index (χ3v) is 5.05. The average Bonchev–Trinajstić information content (AvgIpc) is 2.63. The van der Waals surface area contributed by atoms with Crippen LogP contribution < -0.4 is 0 Å². The Morgan fingerprint density at radius 2 is 1.35 bits per heavy atom. The van der Waals surface area contributed by atoms with Crippen LogP contribution >= 0.6 is 0 Å². The van der Waals surface area contributed by atoms with Gasteiger partial charge in [0.05, 0.1) is 6.10 Å². The number of aliphatic hydroxyl groups is 1. The van der Waals surface area contributed by atoms with E-state index in [0.717, 1.165) is 13.0 Å². The topological polar surface area (TPSA) is 49.8 Å². The summed E-state index contributed by atoms with van der Waals surface area (Å²) >= 11 is 0. The monoisotopic (exact) mass is 371 g/mol. The van der Waals surface area contributed by atoms with Crippen LogP contribution in [0.2, 0.25) is 0 Å². The number of hydrogen-bond donors (Lipinski definition) is 1. The molecule has 156 valence electrons. The molecule has 0 spiro atoms. The van der Waals surface area contributed by atoms with E-state index in [-0.39, 0.29) is 25.2 Å². The summed E-state index contributed by atoms with van der Waals surface area (Å²) in [5, 5.41) is 8.82. The first-order valence-corrected chi connectivity index (χ1v) is 11.1. The maximum Gasteiger partial charge on any atom is 0.248 e. The van der Waals surface area contributed by atoms with Crippen LogP contribution in [-0.2, 0) is 9.53 Å². The summed E-state index contributed by atoms with van der Waals surface area (Å²) in [5.74, 6) is 0.0359. The molecule has 0 bridgehead atoms. The largest absolute Gasteiger partial charge is 0.396 e. The molecule has 0 aliphatic heterocycles. The number of nitrogens with zero attached hydrogens (tertiary/aromatic N) is 1. The second-order valence-corrected chi connectivity index (χ2v) is 7.69. The Bertz CT molecular complexity index is 310. The van der Waals surface area contributed by atoms with Crippen molar-refractivity contribution in [2.75, 3.05) is 26.8 Å². The molecule has 0 fully saturated rings. The zero-order valence-corrected chi connectivity index (χ0v) is 17.8. The highest BCUT2D eigenvalue weighted by Gasteiger charge is 2.10. The highest BCUT2D eigenvalue weighted by molar-refractivity contribution is 5.77. The van der Waals surface area contributed by atoms with Crippen molar-refractivity contribution in [3.05, 3.63) is 0 Å². The zero-order valence-electron chi connectivity index (χ0n) is 17.8. The van der Waals surface area contributed by atoms with Crippen LogP contribution in [0, 0.1) is 0 Å². The van der Waals surface area contributed by atoms with Gasteiger partial charge in [-0.05, 0) is 19.8 Å². The van der Waals surface area contributed by atoms with Crippen molar-refractivity contribution in [1.29, 1.82) is 0 Å². The first-order chi connectivity index (χ1) is 12.6. The summed E-state index contributed by atoms with van der Waals surface area (Å²) < 4.78 is 5.43. The van der Waals surface area contributed by atoms with Gasteiger partial charge in [-0.15, -0.1) is 0 Å². The maximum absolute atomic E-state index is 11.9. The second-order valence-electron chi connectivity index (χ2n) is 7.69. The molecule has 0 rings (SSSR count). The molecule has 0 saturated carbocycles. The van der Waals surface area contributed by atoms with Crippen molar-refractivity contribution in [3.63, 3.8) is 0 Å². The predicted octanol–water partition coefficient (Wildman–Crippen LogP) is 5.32. The van der Waals surface area contributed by atoms with Crippen LogP contribution in [-0.4, -0.2) is 48.8 Å². The minimum atomic E-state index is -0.0614. The van der Waals surface area contributed by atoms with E-state index in [4.69, 9.17) is 9.84 Å². The molecule has 1 unspecified atom stereocenters. The van der Waals surface area contributed by atoms with Crippen molar-refractivity contribution in [2.45, 2.75) is 110 Å². The van der Waals surface area contributed by atoms with Crippen LogP contribution in [0.15, 0.2) is 0 Å². The van der Waals surface area contributed by atoms with Gasteiger partial charge in [0.25, 0.3) is 0 Å². The minimum Gasteiger partial charge on any atom is -0.396 e. The van der Waals surface area contributed by atoms with Crippen LogP contribution in [0.5, 0.6) is 0 Å². The Kier molecular flexibility index (Phi) is 18.7. The van der Waals surface area contributed by atoms with Crippen LogP contribution in [0.4, 0.5) is 0 Å². The van der Waals surface area contributed by atoms with E-state index in [0.29, 0.717) is 6.42 Å². The Morgan fingerprint density at radius 1 is 0.885 bits per heavy atom. The summed E-state index contributed by atoms with van der Waals surface area (Å²) in [6.45, 7) is 5.19. The van der Waals surface area contributed by atoms with E-state index in [2.05, 4.69) is 6.92 Å². The molecule has 0 aromatic rings. The third-order valence-electron chi connectivity index (χ3n) is 5.05. The molecule has 26 heavy (non-hydrogen) atoms. The quantitative estimate of drug-likeness (QED) is 0.312. The Morgan fingerprint density at radius 3 is 1.81 bits per heavy atom. The molecule has 1 N–H and O–H groups in total. The van der Waals surface area contributed by atoms with Gasteiger partial charge in [0, 0.05) is 20.2 Å². The van der Waals surface area contributed by atoms with Gasteiger partial charge in [0.15, 0.2) is 0 Å². The van der Waals surface area contributed by atoms with Gasteiger partial charge >= 0.3 is 0 Å². The zero-order chi connectivity index (χ0) is 19.5. The number of hydrogen-bond acceptors (Lipinski definition) is 3. The van der Waals surface area contributed by atoms with Gasteiger partial charge in [-0.3, -0.25) is 4.79 Å². The van der Waals surface area contributed by atoms with Gasteiger partial charge in [-0.1, -0.05) is 84.0 Å². The van der Waals surface area contributed by atoms with Crippen LogP contribution in [0.1, 0.15) is 104 Å². The van der Waals surface area contributed by atoms with Gasteiger partial charge in [0.1, 0.15) is 6.61 Å². The van der Waals surface area contributed by atoms with E-state index < -0.39 is 0 Å². The maximum atomic E-state index is 11.9. The van der Waals surface area contributed by atoms with Crippen LogP contribution in [0.25, 0.3) is 0 Å². The lowest BCUT2D eigenvalue weighted by Crippen LogP contribution is -2.32. The van der Waals surface area contributed by atoms with Crippen molar-refractivity contribution in [2.24, 2.45) is 0 Å². The molecule has 1 atom stereocenters. The number of aliphatic hydroxyl groups excluding tert-OH is 1. The number of amides is 1. The fourth-order valence-electron chi connectivity index (χ4n) is 3.08. The van der Waals surface area contributed by atoms with Crippen LogP contribution in [0.3, 0.4) is 0 Å². The number of carbonyl (C=O) groups excluding carboxylic acids is 1. The number of rotatable bonds is 19. The second kappa shape index (κ2) is 19.2. The third kappa shape index (κ3) is 16.8. The highest BCUT2D eigenvalue weighted by atomic mass is 16.5.